The number of halogens is 1. The van der Waals surface area contributed by atoms with Gasteiger partial charge in [-0.05, 0) is 61.7 Å². The fourth-order valence-electron chi connectivity index (χ4n) is 2.42. The van der Waals surface area contributed by atoms with Gasteiger partial charge in [0.25, 0.3) is 11.8 Å². The number of carbonyl (C=O) groups is 2. The normalized spacial score (nSPS) is 10.3. The second kappa shape index (κ2) is 9.25. The van der Waals surface area contributed by atoms with E-state index in [-0.39, 0.29) is 18.4 Å². The van der Waals surface area contributed by atoms with Gasteiger partial charge in [-0.25, -0.2) is 0 Å². The van der Waals surface area contributed by atoms with Crippen LogP contribution in [0.2, 0.25) is 5.02 Å². The molecule has 0 saturated carbocycles. The van der Waals surface area contributed by atoms with E-state index in [1.54, 1.807) is 24.3 Å². The van der Waals surface area contributed by atoms with Crippen LogP contribution in [0.15, 0.2) is 36.4 Å². The third kappa shape index (κ3) is 5.49. The lowest BCUT2D eigenvalue weighted by Gasteiger charge is -2.14. The van der Waals surface area contributed by atoms with E-state index in [1.165, 1.54) is 0 Å². The maximum Gasteiger partial charge on any atom is 0.258 e. The van der Waals surface area contributed by atoms with Crippen LogP contribution in [0.4, 0.5) is 0 Å². The van der Waals surface area contributed by atoms with E-state index in [0.29, 0.717) is 23.7 Å². The molecule has 0 atom stereocenters. The lowest BCUT2D eigenvalue weighted by atomic mass is 10.1. The van der Waals surface area contributed by atoms with E-state index >= 15 is 0 Å². The summed E-state index contributed by atoms with van der Waals surface area (Å²) >= 11 is 5.79. The summed E-state index contributed by atoms with van der Waals surface area (Å²) in [5.41, 5.74) is 3.68. The Hall–Kier alpha value is -2.53. The van der Waals surface area contributed by atoms with Crippen LogP contribution in [0.1, 0.15) is 27.0 Å². The molecule has 2 aromatic carbocycles. The van der Waals surface area contributed by atoms with Crippen molar-refractivity contribution in [1.29, 1.82) is 0 Å². The quantitative estimate of drug-likeness (QED) is 0.731. The Labute approximate surface area is 158 Å². The molecule has 0 bridgehead atoms. The topological polar surface area (TPSA) is 67.4 Å². The average molecular weight is 375 g/mol. The zero-order valence-corrected chi connectivity index (χ0v) is 15.9. The first-order chi connectivity index (χ1) is 12.4. The number of rotatable bonds is 7. The monoisotopic (exact) mass is 374 g/mol. The summed E-state index contributed by atoms with van der Waals surface area (Å²) in [6.45, 7) is 6.53. The van der Waals surface area contributed by atoms with Gasteiger partial charge < -0.3 is 15.4 Å². The first kappa shape index (κ1) is 19.8. The standard InChI is InChI=1S/C20H23ClN2O3/c1-13-4-5-14(2)19(15(13)3)26-12-18(24)22-10-11-23-20(25)16-6-8-17(21)9-7-16/h4-9H,10-12H2,1-3H3,(H,22,24)(H,23,25). The number of carbonyl (C=O) groups excluding carboxylic acids is 2. The fourth-order valence-corrected chi connectivity index (χ4v) is 2.54. The van der Waals surface area contributed by atoms with Gasteiger partial charge in [-0.3, -0.25) is 9.59 Å². The molecule has 0 unspecified atom stereocenters. The van der Waals surface area contributed by atoms with Gasteiger partial charge in [0.2, 0.25) is 0 Å². The Kier molecular flexibility index (Phi) is 7.04. The van der Waals surface area contributed by atoms with Crippen molar-refractivity contribution in [2.75, 3.05) is 19.7 Å². The maximum absolute atomic E-state index is 11.9. The highest BCUT2D eigenvalue weighted by Gasteiger charge is 2.09. The molecule has 0 fully saturated rings. The van der Waals surface area contributed by atoms with Crippen LogP contribution in [-0.4, -0.2) is 31.5 Å². The molecule has 2 rings (SSSR count). The van der Waals surface area contributed by atoms with Gasteiger partial charge in [0.15, 0.2) is 6.61 Å². The molecule has 0 aliphatic carbocycles. The van der Waals surface area contributed by atoms with Crippen LogP contribution >= 0.6 is 11.6 Å². The predicted octanol–water partition coefficient (Wildman–Crippen LogP) is 3.19. The molecule has 6 heteroatoms. The number of hydrogen-bond acceptors (Lipinski definition) is 3. The van der Waals surface area contributed by atoms with E-state index in [9.17, 15) is 9.59 Å². The molecule has 0 aliphatic heterocycles. The van der Waals surface area contributed by atoms with Gasteiger partial charge in [-0.15, -0.1) is 0 Å². The minimum absolute atomic E-state index is 0.0593. The van der Waals surface area contributed by atoms with Crippen molar-refractivity contribution in [3.63, 3.8) is 0 Å². The van der Waals surface area contributed by atoms with E-state index in [1.807, 2.05) is 32.9 Å². The molecule has 0 aromatic heterocycles. The Balaban J connectivity index is 1.72. The van der Waals surface area contributed by atoms with Crippen molar-refractivity contribution in [3.05, 3.63) is 63.7 Å². The third-order valence-electron chi connectivity index (χ3n) is 4.06. The fraction of sp³-hybridized carbons (Fsp3) is 0.300. The van der Waals surface area contributed by atoms with Gasteiger partial charge in [-0.2, -0.15) is 0 Å². The van der Waals surface area contributed by atoms with Gasteiger partial charge in [0.1, 0.15) is 5.75 Å². The van der Waals surface area contributed by atoms with Gasteiger partial charge in [0, 0.05) is 23.7 Å². The number of benzene rings is 2. The van der Waals surface area contributed by atoms with Crippen LogP contribution in [0.5, 0.6) is 5.75 Å². The summed E-state index contributed by atoms with van der Waals surface area (Å²) in [5.74, 6) is 0.306. The SMILES string of the molecule is Cc1ccc(C)c(OCC(=O)NCCNC(=O)c2ccc(Cl)cc2)c1C. The van der Waals surface area contributed by atoms with E-state index in [2.05, 4.69) is 10.6 Å². The smallest absolute Gasteiger partial charge is 0.258 e. The molecular formula is C20H23ClN2O3. The van der Waals surface area contributed by atoms with E-state index < -0.39 is 0 Å². The lowest BCUT2D eigenvalue weighted by molar-refractivity contribution is -0.123. The summed E-state index contributed by atoms with van der Waals surface area (Å²) in [7, 11) is 0. The summed E-state index contributed by atoms with van der Waals surface area (Å²) in [5, 5.41) is 6.04. The molecule has 2 amide bonds. The Bertz CT molecular complexity index is 788. The molecule has 2 aromatic rings. The summed E-state index contributed by atoms with van der Waals surface area (Å²) in [6, 6.07) is 10.6. The largest absolute Gasteiger partial charge is 0.483 e. The molecule has 138 valence electrons. The second-order valence-electron chi connectivity index (χ2n) is 6.05. The van der Waals surface area contributed by atoms with Crippen molar-refractivity contribution in [2.45, 2.75) is 20.8 Å². The number of aryl methyl sites for hydroxylation is 2. The number of amides is 2. The van der Waals surface area contributed by atoms with Crippen LogP contribution in [0, 0.1) is 20.8 Å². The van der Waals surface area contributed by atoms with Crippen LogP contribution < -0.4 is 15.4 Å². The first-order valence-electron chi connectivity index (χ1n) is 8.38. The molecule has 0 radical (unpaired) electrons. The Morgan fingerprint density at radius 3 is 2.23 bits per heavy atom. The number of hydrogen-bond donors (Lipinski definition) is 2. The minimum atomic E-state index is -0.231. The van der Waals surface area contributed by atoms with Crippen LogP contribution in [0.3, 0.4) is 0 Å². The number of ether oxygens (including phenoxy) is 1. The molecule has 0 spiro atoms. The van der Waals surface area contributed by atoms with Crippen molar-refractivity contribution >= 4 is 23.4 Å². The number of nitrogens with one attached hydrogen (secondary N) is 2. The van der Waals surface area contributed by atoms with Gasteiger partial charge in [0.05, 0.1) is 0 Å². The predicted molar refractivity (Wildman–Crippen MR) is 103 cm³/mol. The van der Waals surface area contributed by atoms with E-state index in [4.69, 9.17) is 16.3 Å². The molecular weight excluding hydrogens is 352 g/mol. The Morgan fingerprint density at radius 1 is 0.923 bits per heavy atom. The Morgan fingerprint density at radius 2 is 1.54 bits per heavy atom. The zero-order chi connectivity index (χ0) is 19.1. The highest BCUT2D eigenvalue weighted by Crippen LogP contribution is 2.25. The molecule has 0 aliphatic rings. The maximum atomic E-state index is 11.9. The van der Waals surface area contributed by atoms with Crippen LogP contribution in [-0.2, 0) is 4.79 Å². The molecule has 26 heavy (non-hydrogen) atoms. The summed E-state index contributed by atoms with van der Waals surface area (Å²) in [6.07, 6.45) is 0. The van der Waals surface area contributed by atoms with Crippen LogP contribution in [0.25, 0.3) is 0 Å². The lowest BCUT2D eigenvalue weighted by Crippen LogP contribution is -2.36. The minimum Gasteiger partial charge on any atom is -0.483 e. The average Bonchev–Trinajstić information content (AvgIpc) is 2.62. The first-order valence-corrected chi connectivity index (χ1v) is 8.76. The third-order valence-corrected chi connectivity index (χ3v) is 4.31. The van der Waals surface area contributed by atoms with Gasteiger partial charge >= 0.3 is 0 Å². The molecule has 0 saturated heterocycles. The highest BCUT2D eigenvalue weighted by atomic mass is 35.5. The summed E-state index contributed by atoms with van der Waals surface area (Å²) in [4.78, 5) is 23.8. The summed E-state index contributed by atoms with van der Waals surface area (Å²) < 4.78 is 5.66. The zero-order valence-electron chi connectivity index (χ0n) is 15.2. The van der Waals surface area contributed by atoms with Crippen molar-refractivity contribution < 1.29 is 14.3 Å². The van der Waals surface area contributed by atoms with Crippen molar-refractivity contribution in [3.8, 4) is 5.75 Å². The molecule has 2 N–H and O–H groups in total. The molecule has 5 nitrogen and oxygen atoms in total. The highest BCUT2D eigenvalue weighted by molar-refractivity contribution is 6.30. The second-order valence-corrected chi connectivity index (χ2v) is 6.49. The van der Waals surface area contributed by atoms with E-state index in [0.717, 1.165) is 22.4 Å². The van der Waals surface area contributed by atoms with Crippen molar-refractivity contribution in [2.24, 2.45) is 0 Å². The van der Waals surface area contributed by atoms with Gasteiger partial charge in [-0.1, -0.05) is 23.7 Å². The van der Waals surface area contributed by atoms with Crippen molar-refractivity contribution in [1.82, 2.24) is 10.6 Å². The molecule has 0 heterocycles.